The number of aromatic nitrogens is 4. The molecule has 4 rings (SSSR count). The van der Waals surface area contributed by atoms with E-state index >= 15 is 0 Å². The van der Waals surface area contributed by atoms with E-state index in [9.17, 15) is 29.5 Å². The second kappa shape index (κ2) is 12.2. The number of hydrogen-bond donors (Lipinski definition) is 6. The smallest absolute Gasteiger partial charge is 0.414 e. The molecule has 0 saturated carbocycles. The first kappa shape index (κ1) is 30.5. The van der Waals surface area contributed by atoms with Crippen molar-refractivity contribution in [1.29, 1.82) is 0 Å². The lowest BCUT2D eigenvalue weighted by molar-refractivity contribution is -0.150. The number of thioether (sulfide) groups is 2. The van der Waals surface area contributed by atoms with E-state index in [0.717, 1.165) is 16.7 Å². The number of fused-ring (bicyclic) bond motifs is 1. The first-order valence-electron chi connectivity index (χ1n) is 11.8. The SMILES string of the molecule is CC(C)(C)OC(=O)Nc1nc(/C(=N/O)C(=O)N[C@@H]2C(=O)N3C(C(=O)O)=C(/C=C/Sc4cc(N)nc(N)n4)CS[C@H]23)ns1. The summed E-state index contributed by atoms with van der Waals surface area (Å²) in [5.74, 6) is -2.92. The van der Waals surface area contributed by atoms with Crippen LogP contribution in [0.1, 0.15) is 26.6 Å². The number of nitrogen functional groups attached to an aromatic ring is 2. The molecule has 1 fully saturated rings. The summed E-state index contributed by atoms with van der Waals surface area (Å²) in [5.41, 5.74) is 9.99. The van der Waals surface area contributed by atoms with E-state index < -0.39 is 46.6 Å². The molecule has 0 bridgehead atoms. The maximum atomic E-state index is 13.0. The molecule has 2 aromatic heterocycles. The Labute approximate surface area is 250 Å². The van der Waals surface area contributed by atoms with Crippen molar-refractivity contribution >= 4 is 81.5 Å². The lowest BCUT2D eigenvalue weighted by Crippen LogP contribution is -2.71. The van der Waals surface area contributed by atoms with Gasteiger partial charge in [0.05, 0.1) is 0 Å². The third kappa shape index (κ3) is 6.89. The van der Waals surface area contributed by atoms with Crippen LogP contribution in [0.2, 0.25) is 0 Å². The predicted octanol–water partition coefficient (Wildman–Crippen LogP) is 1.06. The second-order valence-corrected chi connectivity index (χ2v) is 12.2. The molecule has 0 aliphatic carbocycles. The van der Waals surface area contributed by atoms with Crippen molar-refractivity contribution in [1.82, 2.24) is 29.5 Å². The lowest BCUT2D eigenvalue weighted by atomic mass is 10.0. The maximum Gasteiger partial charge on any atom is 0.414 e. The van der Waals surface area contributed by atoms with Crippen molar-refractivity contribution in [3.8, 4) is 0 Å². The average molecular weight is 637 g/mol. The van der Waals surface area contributed by atoms with Crippen LogP contribution in [0.4, 0.5) is 21.7 Å². The molecule has 2 atom stereocenters. The molecule has 2 aliphatic rings. The molecule has 0 spiro atoms. The molecule has 222 valence electrons. The Kier molecular flexibility index (Phi) is 8.87. The topological polar surface area (TPSA) is 261 Å². The molecule has 42 heavy (non-hydrogen) atoms. The van der Waals surface area contributed by atoms with Crippen molar-refractivity contribution < 1.29 is 34.2 Å². The van der Waals surface area contributed by atoms with Crippen LogP contribution in [-0.2, 0) is 19.1 Å². The summed E-state index contributed by atoms with van der Waals surface area (Å²) in [5, 5.41) is 28.3. The number of amides is 3. The number of oxime groups is 1. The van der Waals surface area contributed by atoms with Gasteiger partial charge in [-0.1, -0.05) is 16.9 Å². The Bertz CT molecular complexity index is 1510. The maximum absolute atomic E-state index is 13.0. The van der Waals surface area contributed by atoms with E-state index in [1.807, 2.05) is 0 Å². The van der Waals surface area contributed by atoms with Gasteiger partial charge in [-0.3, -0.25) is 19.8 Å². The number of nitrogens with two attached hydrogens (primary N) is 2. The van der Waals surface area contributed by atoms with Gasteiger partial charge in [0.25, 0.3) is 11.8 Å². The van der Waals surface area contributed by atoms with Crippen LogP contribution in [0.25, 0.3) is 0 Å². The van der Waals surface area contributed by atoms with Gasteiger partial charge in [0.2, 0.25) is 22.6 Å². The van der Waals surface area contributed by atoms with E-state index in [2.05, 4.69) is 35.1 Å². The normalized spacial score (nSPS) is 18.9. The zero-order valence-electron chi connectivity index (χ0n) is 22.1. The van der Waals surface area contributed by atoms with Gasteiger partial charge in [-0.25, -0.2) is 14.6 Å². The first-order chi connectivity index (χ1) is 19.8. The number of nitrogens with one attached hydrogen (secondary N) is 2. The number of β-lactam (4-membered cyclic amide) rings is 1. The van der Waals surface area contributed by atoms with Gasteiger partial charge in [-0.2, -0.15) is 14.3 Å². The second-order valence-electron chi connectivity index (χ2n) is 9.45. The number of rotatable bonds is 8. The van der Waals surface area contributed by atoms with Crippen molar-refractivity contribution in [2.75, 3.05) is 22.5 Å². The number of ether oxygens (including phenoxy) is 1. The van der Waals surface area contributed by atoms with Gasteiger partial charge in [0, 0.05) is 23.4 Å². The minimum atomic E-state index is -1.33. The molecule has 2 aromatic rings. The molecule has 8 N–H and O–H groups in total. The Hall–Kier alpha value is -4.43. The quantitative estimate of drug-likeness (QED) is 0.0591. The van der Waals surface area contributed by atoms with Crippen molar-refractivity contribution in [2.24, 2.45) is 5.16 Å². The number of aliphatic carboxylic acids is 1. The molecular formula is C22H24N10O7S3. The number of nitrogens with zero attached hydrogens (tertiary/aromatic N) is 6. The number of anilines is 3. The number of carboxylic acids is 1. The molecular weight excluding hydrogens is 613 g/mol. The number of allylic oxidation sites excluding steroid dienone is 1. The van der Waals surface area contributed by atoms with Gasteiger partial charge < -0.3 is 31.8 Å². The first-order valence-corrected chi connectivity index (χ1v) is 14.5. The molecule has 2 aliphatic heterocycles. The summed E-state index contributed by atoms with van der Waals surface area (Å²) in [7, 11) is 0. The lowest BCUT2D eigenvalue weighted by Gasteiger charge is -2.49. The third-order valence-corrected chi connectivity index (χ3v) is 7.90. The van der Waals surface area contributed by atoms with Crippen LogP contribution in [0.15, 0.2) is 39.0 Å². The zero-order chi connectivity index (χ0) is 30.8. The van der Waals surface area contributed by atoms with Crippen LogP contribution in [0.3, 0.4) is 0 Å². The fourth-order valence-electron chi connectivity index (χ4n) is 3.64. The van der Waals surface area contributed by atoms with Gasteiger partial charge in [-0.05, 0) is 37.8 Å². The summed E-state index contributed by atoms with van der Waals surface area (Å²) in [6.45, 7) is 5.02. The van der Waals surface area contributed by atoms with Gasteiger partial charge >= 0.3 is 12.1 Å². The molecule has 0 unspecified atom stereocenters. The summed E-state index contributed by atoms with van der Waals surface area (Å²) >= 11 is 3.07. The highest BCUT2D eigenvalue weighted by Crippen LogP contribution is 2.41. The van der Waals surface area contributed by atoms with E-state index in [0.29, 0.717) is 22.1 Å². The predicted molar refractivity (Wildman–Crippen MR) is 154 cm³/mol. The summed E-state index contributed by atoms with van der Waals surface area (Å²) in [4.78, 5) is 62.8. The minimum Gasteiger partial charge on any atom is -0.477 e. The highest BCUT2D eigenvalue weighted by Gasteiger charge is 2.54. The fourth-order valence-corrected chi connectivity index (χ4v) is 6.22. The Morgan fingerprint density at radius 1 is 1.26 bits per heavy atom. The van der Waals surface area contributed by atoms with Crippen molar-refractivity contribution in [3.05, 3.63) is 34.6 Å². The van der Waals surface area contributed by atoms with E-state index in [-0.39, 0.29) is 34.2 Å². The van der Waals surface area contributed by atoms with Crippen LogP contribution < -0.4 is 22.1 Å². The largest absolute Gasteiger partial charge is 0.477 e. The highest BCUT2D eigenvalue weighted by atomic mass is 32.2. The molecule has 3 amide bonds. The van der Waals surface area contributed by atoms with E-state index in [1.165, 1.54) is 17.8 Å². The van der Waals surface area contributed by atoms with E-state index in [1.54, 1.807) is 32.3 Å². The van der Waals surface area contributed by atoms with Crippen LogP contribution in [0, 0.1) is 0 Å². The third-order valence-electron chi connectivity index (χ3n) is 5.25. The van der Waals surface area contributed by atoms with Gasteiger partial charge in [-0.15, -0.1) is 11.8 Å². The van der Waals surface area contributed by atoms with Gasteiger partial charge in [0.15, 0.2) is 0 Å². The Morgan fingerprint density at radius 2 is 2.00 bits per heavy atom. The molecule has 0 aromatic carbocycles. The number of carbonyl (C=O) groups excluding carboxylic acids is 3. The van der Waals surface area contributed by atoms with Gasteiger partial charge in [0.1, 0.15) is 33.6 Å². The van der Waals surface area contributed by atoms with Crippen LogP contribution in [0.5, 0.6) is 0 Å². The van der Waals surface area contributed by atoms with Crippen molar-refractivity contribution in [2.45, 2.75) is 42.8 Å². The number of hydrogen-bond acceptors (Lipinski definition) is 16. The molecule has 0 radical (unpaired) electrons. The molecule has 20 heteroatoms. The van der Waals surface area contributed by atoms with Crippen LogP contribution in [-0.4, -0.2) is 86.9 Å². The zero-order valence-corrected chi connectivity index (χ0v) is 24.5. The average Bonchev–Trinajstić information content (AvgIpc) is 3.33. The summed E-state index contributed by atoms with van der Waals surface area (Å²) < 4.78 is 9.03. The van der Waals surface area contributed by atoms with E-state index in [4.69, 9.17) is 16.2 Å². The Morgan fingerprint density at radius 3 is 2.64 bits per heavy atom. The monoisotopic (exact) mass is 636 g/mol. The summed E-state index contributed by atoms with van der Waals surface area (Å²) in [6, 6.07) is 0.387. The number of carbonyl (C=O) groups is 4. The molecule has 17 nitrogen and oxygen atoms in total. The molecule has 4 heterocycles. The minimum absolute atomic E-state index is 0.00969. The highest BCUT2D eigenvalue weighted by molar-refractivity contribution is 8.02. The standard InChI is InChI=1S/C22H24N10O7S3/c1-22(2,3)39-21(37)29-20-28-14(31-42-20)11(30-38)15(33)27-12-16(34)32-13(18(35)36)8(7-41-17(12)32)4-5-40-10-6-9(23)25-19(24)26-10/h4-6,12,17,38H,7H2,1-3H3,(H,27,33)(H,35,36)(H4,23,24,25,26)(H,28,29,31,37)/b5-4+,30-11-/t12-,17-/m1/s1. The molecule has 1 saturated heterocycles. The van der Waals surface area contributed by atoms with Crippen LogP contribution >= 0.6 is 35.1 Å². The number of carboxylic acid groups (broad SMARTS) is 1. The van der Waals surface area contributed by atoms with Crippen molar-refractivity contribution in [3.63, 3.8) is 0 Å². The Balaban J connectivity index is 1.42. The summed E-state index contributed by atoms with van der Waals surface area (Å²) in [6.07, 6.45) is 0.739. The fraction of sp³-hybridized carbons (Fsp3) is 0.318.